The van der Waals surface area contributed by atoms with Gasteiger partial charge in [-0.3, -0.25) is 4.98 Å². The molecule has 114 valence electrons. The van der Waals surface area contributed by atoms with Crippen molar-refractivity contribution in [1.29, 1.82) is 0 Å². The molecule has 3 aromatic rings. The van der Waals surface area contributed by atoms with Crippen LogP contribution < -0.4 is 10.6 Å². The maximum absolute atomic E-state index is 4.60. The lowest BCUT2D eigenvalue weighted by molar-refractivity contribution is 0.687. The van der Waals surface area contributed by atoms with E-state index in [0.717, 1.165) is 34.0 Å². The number of hydrogen-bond acceptors (Lipinski definition) is 5. The predicted octanol–water partition coefficient (Wildman–Crippen LogP) is 3.70. The number of nitrogens with zero attached hydrogens (tertiary/aromatic N) is 4. The molecule has 3 aromatic heterocycles. The Balaban J connectivity index is 1.99. The van der Waals surface area contributed by atoms with Crippen molar-refractivity contribution in [2.45, 2.75) is 13.8 Å². The van der Waals surface area contributed by atoms with Gasteiger partial charge >= 0.3 is 0 Å². The molecule has 0 aliphatic carbocycles. The molecule has 2 N–H and O–H groups in total. The van der Waals surface area contributed by atoms with Crippen LogP contribution >= 0.6 is 15.9 Å². The van der Waals surface area contributed by atoms with Crippen molar-refractivity contribution in [3.8, 4) is 0 Å². The topological polar surface area (TPSA) is 67.1 Å². The second kappa shape index (κ2) is 6.31. The maximum atomic E-state index is 4.60. The van der Waals surface area contributed by atoms with Crippen LogP contribution in [0.25, 0.3) is 5.65 Å². The molecule has 0 saturated heterocycles. The van der Waals surface area contributed by atoms with E-state index in [1.54, 1.807) is 23.1 Å². The second-order valence-corrected chi connectivity index (χ2v) is 6.25. The molecule has 0 aromatic carbocycles. The van der Waals surface area contributed by atoms with Crippen LogP contribution in [0.2, 0.25) is 0 Å². The third kappa shape index (κ3) is 3.19. The molecule has 7 heteroatoms. The summed E-state index contributed by atoms with van der Waals surface area (Å²) in [6.07, 6.45) is 5.25. The zero-order valence-corrected chi connectivity index (χ0v) is 14.0. The first-order chi connectivity index (χ1) is 10.6. The molecule has 0 bridgehead atoms. The molecule has 6 nitrogen and oxygen atoms in total. The van der Waals surface area contributed by atoms with Crippen LogP contribution in [0.15, 0.2) is 41.3 Å². The minimum atomic E-state index is 0.543. The van der Waals surface area contributed by atoms with Crippen molar-refractivity contribution in [3.05, 3.63) is 41.3 Å². The molecule has 0 spiro atoms. The van der Waals surface area contributed by atoms with Crippen LogP contribution in [0.3, 0.4) is 0 Å². The van der Waals surface area contributed by atoms with E-state index in [4.69, 9.17) is 0 Å². The Morgan fingerprint density at radius 3 is 2.91 bits per heavy atom. The summed E-state index contributed by atoms with van der Waals surface area (Å²) in [5.74, 6) is 2.19. The SMILES string of the molecule is CC(C)CNc1cc(Nc2cccnc2)n2ncc(Br)c2n1. The van der Waals surface area contributed by atoms with Gasteiger partial charge in [0.25, 0.3) is 0 Å². The number of hydrogen-bond donors (Lipinski definition) is 2. The summed E-state index contributed by atoms with van der Waals surface area (Å²) in [7, 11) is 0. The quantitative estimate of drug-likeness (QED) is 0.725. The van der Waals surface area contributed by atoms with Gasteiger partial charge < -0.3 is 10.6 Å². The molecular formula is C15H17BrN6. The highest BCUT2D eigenvalue weighted by Crippen LogP contribution is 2.24. The first-order valence-electron chi connectivity index (χ1n) is 7.08. The van der Waals surface area contributed by atoms with Crippen molar-refractivity contribution >= 4 is 38.9 Å². The third-order valence-electron chi connectivity index (χ3n) is 3.05. The third-order valence-corrected chi connectivity index (χ3v) is 3.61. The average Bonchev–Trinajstić information content (AvgIpc) is 2.88. The monoisotopic (exact) mass is 360 g/mol. The van der Waals surface area contributed by atoms with Gasteiger partial charge in [0.1, 0.15) is 11.6 Å². The molecule has 0 amide bonds. The van der Waals surface area contributed by atoms with E-state index in [1.165, 1.54) is 0 Å². The van der Waals surface area contributed by atoms with Crippen LogP contribution in [0.5, 0.6) is 0 Å². The molecule has 0 atom stereocenters. The van der Waals surface area contributed by atoms with Crippen molar-refractivity contribution in [1.82, 2.24) is 19.6 Å². The Bertz CT molecular complexity index is 768. The maximum Gasteiger partial charge on any atom is 0.173 e. The number of pyridine rings is 1. The van der Waals surface area contributed by atoms with Gasteiger partial charge in [-0.05, 0) is 34.0 Å². The summed E-state index contributed by atoms with van der Waals surface area (Å²) in [5.41, 5.74) is 1.66. The molecule has 22 heavy (non-hydrogen) atoms. The van der Waals surface area contributed by atoms with Crippen LogP contribution in [0, 0.1) is 5.92 Å². The van der Waals surface area contributed by atoms with Gasteiger partial charge in [0.2, 0.25) is 0 Å². The van der Waals surface area contributed by atoms with E-state index in [0.29, 0.717) is 5.92 Å². The molecular weight excluding hydrogens is 344 g/mol. The van der Waals surface area contributed by atoms with Gasteiger partial charge in [-0.2, -0.15) is 9.61 Å². The summed E-state index contributed by atoms with van der Waals surface area (Å²) >= 11 is 3.49. The highest BCUT2D eigenvalue weighted by Gasteiger charge is 2.10. The zero-order valence-electron chi connectivity index (χ0n) is 12.4. The number of anilines is 3. The van der Waals surface area contributed by atoms with E-state index in [9.17, 15) is 0 Å². The Morgan fingerprint density at radius 2 is 2.18 bits per heavy atom. The Kier molecular flexibility index (Phi) is 4.24. The number of nitrogens with one attached hydrogen (secondary N) is 2. The van der Waals surface area contributed by atoms with E-state index in [-0.39, 0.29) is 0 Å². The van der Waals surface area contributed by atoms with Crippen molar-refractivity contribution in [2.24, 2.45) is 5.92 Å². The minimum Gasteiger partial charge on any atom is -0.370 e. The van der Waals surface area contributed by atoms with Crippen LogP contribution in [-0.4, -0.2) is 26.1 Å². The van der Waals surface area contributed by atoms with E-state index >= 15 is 0 Å². The summed E-state index contributed by atoms with van der Waals surface area (Å²) in [5, 5.41) is 11.0. The number of halogens is 1. The lowest BCUT2D eigenvalue weighted by Gasteiger charge is -2.12. The zero-order chi connectivity index (χ0) is 15.5. The molecule has 0 aliphatic rings. The van der Waals surface area contributed by atoms with Crippen LogP contribution in [0.4, 0.5) is 17.3 Å². The van der Waals surface area contributed by atoms with Gasteiger partial charge in [0.15, 0.2) is 5.65 Å². The summed E-state index contributed by atoms with van der Waals surface area (Å²) in [4.78, 5) is 8.71. The second-order valence-electron chi connectivity index (χ2n) is 5.40. The Labute approximate surface area is 137 Å². The first kappa shape index (κ1) is 14.8. The molecule has 3 heterocycles. The molecule has 0 aliphatic heterocycles. The fourth-order valence-electron chi connectivity index (χ4n) is 2.01. The smallest absolute Gasteiger partial charge is 0.173 e. The molecule has 0 radical (unpaired) electrons. The fourth-order valence-corrected chi connectivity index (χ4v) is 2.36. The van der Waals surface area contributed by atoms with Crippen LogP contribution in [0.1, 0.15) is 13.8 Å². The van der Waals surface area contributed by atoms with Gasteiger partial charge in [-0.25, -0.2) is 4.98 Å². The van der Waals surface area contributed by atoms with Gasteiger partial charge in [-0.15, -0.1) is 0 Å². The molecule has 3 rings (SSSR count). The number of fused-ring (bicyclic) bond motifs is 1. The predicted molar refractivity (Wildman–Crippen MR) is 91.5 cm³/mol. The lowest BCUT2D eigenvalue weighted by Crippen LogP contribution is -2.11. The largest absolute Gasteiger partial charge is 0.370 e. The highest BCUT2D eigenvalue weighted by molar-refractivity contribution is 9.10. The first-order valence-corrected chi connectivity index (χ1v) is 7.88. The van der Waals surface area contributed by atoms with E-state index in [2.05, 4.69) is 55.5 Å². The van der Waals surface area contributed by atoms with Gasteiger partial charge in [0, 0.05) is 18.8 Å². The summed E-state index contributed by atoms with van der Waals surface area (Å²) < 4.78 is 2.62. The van der Waals surface area contributed by atoms with Crippen molar-refractivity contribution < 1.29 is 0 Å². The average molecular weight is 361 g/mol. The van der Waals surface area contributed by atoms with Crippen molar-refractivity contribution in [3.63, 3.8) is 0 Å². The fraction of sp³-hybridized carbons (Fsp3) is 0.267. The highest BCUT2D eigenvalue weighted by atomic mass is 79.9. The number of rotatable bonds is 5. The lowest BCUT2D eigenvalue weighted by atomic mass is 10.2. The van der Waals surface area contributed by atoms with Gasteiger partial charge in [-0.1, -0.05) is 13.8 Å². The van der Waals surface area contributed by atoms with Crippen LogP contribution in [-0.2, 0) is 0 Å². The summed E-state index contributed by atoms with van der Waals surface area (Å²) in [6.45, 7) is 5.19. The Hall–Kier alpha value is -2.15. The minimum absolute atomic E-state index is 0.543. The van der Waals surface area contributed by atoms with Gasteiger partial charge in [0.05, 0.1) is 22.6 Å². The Morgan fingerprint density at radius 1 is 1.32 bits per heavy atom. The van der Waals surface area contributed by atoms with Crippen molar-refractivity contribution in [2.75, 3.05) is 17.2 Å². The number of aromatic nitrogens is 4. The molecule has 0 unspecified atom stereocenters. The molecule has 0 saturated carbocycles. The standard InChI is InChI=1S/C15H17BrN6/c1-10(2)7-18-13-6-14(20-11-4-3-5-17-8-11)22-15(21-13)12(16)9-19-22/h3-6,8-10,20H,7H2,1-2H3,(H,18,21). The van der Waals surface area contributed by atoms with E-state index < -0.39 is 0 Å². The van der Waals surface area contributed by atoms with E-state index in [1.807, 2.05) is 18.2 Å². The normalized spacial score (nSPS) is 11.1. The summed E-state index contributed by atoms with van der Waals surface area (Å²) in [6, 6.07) is 5.79. The molecule has 0 fully saturated rings.